The lowest BCUT2D eigenvalue weighted by Crippen LogP contribution is -2.38. The summed E-state index contributed by atoms with van der Waals surface area (Å²) in [5, 5.41) is 5.11. The number of carbonyl (C=O) groups is 2. The third-order valence-electron chi connectivity index (χ3n) is 7.28. The largest absolute Gasteiger partial charge is 0.494 e. The molecule has 2 amide bonds. The van der Waals surface area contributed by atoms with Gasteiger partial charge in [0.25, 0.3) is 11.8 Å². The Labute approximate surface area is 213 Å². The van der Waals surface area contributed by atoms with Gasteiger partial charge in [0.1, 0.15) is 5.75 Å². The van der Waals surface area contributed by atoms with Gasteiger partial charge in [-0.1, -0.05) is 42.8 Å². The number of fused-ring (bicyclic) bond motifs is 1. The van der Waals surface area contributed by atoms with Crippen LogP contribution in [-0.2, 0) is 0 Å². The van der Waals surface area contributed by atoms with Gasteiger partial charge in [0.15, 0.2) is 0 Å². The number of hydrogen-bond acceptors (Lipinski definition) is 4. The van der Waals surface area contributed by atoms with Gasteiger partial charge in [-0.15, -0.1) is 0 Å². The summed E-state index contributed by atoms with van der Waals surface area (Å²) in [4.78, 5) is 30.3. The van der Waals surface area contributed by atoms with Crippen molar-refractivity contribution in [2.24, 2.45) is 0 Å². The quantitative estimate of drug-likeness (QED) is 0.468. The molecule has 0 spiro atoms. The molecule has 0 bridgehead atoms. The number of piperidine rings is 1. The van der Waals surface area contributed by atoms with E-state index in [4.69, 9.17) is 4.74 Å². The van der Waals surface area contributed by atoms with Gasteiger partial charge >= 0.3 is 0 Å². The van der Waals surface area contributed by atoms with Crippen molar-refractivity contribution in [1.82, 2.24) is 15.1 Å². The Morgan fingerprint density at radius 2 is 1.67 bits per heavy atom. The molecule has 1 atom stereocenters. The molecule has 0 radical (unpaired) electrons. The van der Waals surface area contributed by atoms with E-state index in [-0.39, 0.29) is 17.9 Å². The highest BCUT2D eigenvalue weighted by Crippen LogP contribution is 2.21. The van der Waals surface area contributed by atoms with Gasteiger partial charge in [0.05, 0.1) is 6.61 Å². The van der Waals surface area contributed by atoms with Crippen LogP contribution in [-0.4, -0.2) is 67.0 Å². The summed E-state index contributed by atoms with van der Waals surface area (Å²) in [7, 11) is 0. The second kappa shape index (κ2) is 11.6. The van der Waals surface area contributed by atoms with E-state index >= 15 is 0 Å². The zero-order valence-corrected chi connectivity index (χ0v) is 20.8. The number of amides is 2. The molecule has 0 unspecified atom stereocenters. The number of ether oxygens (including phenoxy) is 1. The molecule has 6 nitrogen and oxygen atoms in total. The van der Waals surface area contributed by atoms with Gasteiger partial charge in [0.2, 0.25) is 0 Å². The van der Waals surface area contributed by atoms with Crippen LogP contribution < -0.4 is 10.1 Å². The second-order valence-corrected chi connectivity index (χ2v) is 9.87. The smallest absolute Gasteiger partial charge is 0.253 e. The first-order chi connectivity index (χ1) is 17.7. The number of likely N-dealkylation sites (tertiary alicyclic amines) is 2. The van der Waals surface area contributed by atoms with Crippen LogP contribution >= 0.6 is 0 Å². The lowest BCUT2D eigenvalue weighted by atomic mass is 10.0. The fraction of sp³-hybridized carbons (Fsp3) is 0.400. The first kappa shape index (κ1) is 24.3. The Hall–Kier alpha value is -3.38. The molecule has 36 heavy (non-hydrogen) atoms. The van der Waals surface area contributed by atoms with Crippen LogP contribution in [0.5, 0.6) is 5.75 Å². The first-order valence-corrected chi connectivity index (χ1v) is 13.2. The number of nitrogens with zero attached hydrogens (tertiary/aromatic N) is 2. The lowest BCUT2D eigenvalue weighted by Gasteiger charge is -2.26. The highest BCUT2D eigenvalue weighted by Gasteiger charge is 2.28. The number of nitrogens with one attached hydrogen (secondary N) is 1. The van der Waals surface area contributed by atoms with E-state index in [2.05, 4.69) is 10.2 Å². The molecule has 6 heteroatoms. The maximum Gasteiger partial charge on any atom is 0.253 e. The summed E-state index contributed by atoms with van der Waals surface area (Å²) in [6.45, 7) is 5.35. The Morgan fingerprint density at radius 1 is 0.889 bits per heavy atom. The molecule has 5 rings (SSSR count). The Bertz CT molecular complexity index is 1180. The van der Waals surface area contributed by atoms with Crippen molar-refractivity contribution in [1.29, 1.82) is 0 Å². The van der Waals surface area contributed by atoms with Crippen molar-refractivity contribution < 1.29 is 14.3 Å². The van der Waals surface area contributed by atoms with Crippen LogP contribution in [0.25, 0.3) is 10.8 Å². The molecule has 0 saturated carbocycles. The topological polar surface area (TPSA) is 61.9 Å². The second-order valence-electron chi connectivity index (χ2n) is 9.87. The van der Waals surface area contributed by atoms with Gasteiger partial charge in [-0.2, -0.15) is 0 Å². The lowest BCUT2D eigenvalue weighted by molar-refractivity contribution is 0.0783. The summed E-state index contributed by atoms with van der Waals surface area (Å²) in [5.41, 5.74) is 1.32. The predicted molar refractivity (Wildman–Crippen MR) is 143 cm³/mol. The van der Waals surface area contributed by atoms with Crippen LogP contribution in [0.2, 0.25) is 0 Å². The Morgan fingerprint density at radius 3 is 2.50 bits per heavy atom. The normalized spacial score (nSPS) is 18.3. The molecular formula is C30H35N3O3. The Kier molecular flexibility index (Phi) is 7.82. The summed E-state index contributed by atoms with van der Waals surface area (Å²) in [6.07, 6.45) is 5.74. The molecule has 2 aliphatic rings. The highest BCUT2D eigenvalue weighted by atomic mass is 16.5. The molecule has 2 fully saturated rings. The average Bonchev–Trinajstić information content (AvgIpc) is 3.39. The number of carbonyl (C=O) groups excluding carboxylic acids is 2. The van der Waals surface area contributed by atoms with E-state index in [0.29, 0.717) is 30.8 Å². The van der Waals surface area contributed by atoms with Gasteiger partial charge in [-0.3, -0.25) is 9.59 Å². The SMILES string of the molecule is O=C(N[C@H]1CCN(C(=O)c2ccc(OCCCN3CCCCC3)cc2)C1)c1cccc2ccccc12. The standard InChI is InChI=1S/C30H35N3O3/c34-29(28-11-6-9-23-8-2-3-10-27(23)28)31-25-16-20-33(22-25)30(35)24-12-14-26(15-13-24)36-21-7-19-32-17-4-1-5-18-32/h2-3,6,8-15,25H,1,4-5,7,16-22H2,(H,31,34)/t25-/m0/s1. The number of rotatable bonds is 8. The summed E-state index contributed by atoms with van der Waals surface area (Å²) in [5.74, 6) is 0.702. The fourth-order valence-electron chi connectivity index (χ4n) is 5.29. The molecular weight excluding hydrogens is 450 g/mol. The zero-order valence-electron chi connectivity index (χ0n) is 20.8. The molecule has 0 aliphatic carbocycles. The van der Waals surface area contributed by atoms with Crippen LogP contribution in [0.15, 0.2) is 66.7 Å². The van der Waals surface area contributed by atoms with Crippen molar-refractivity contribution in [2.75, 3.05) is 39.3 Å². The predicted octanol–water partition coefficient (Wildman–Crippen LogP) is 4.74. The molecule has 188 valence electrons. The molecule has 3 aromatic rings. The number of benzene rings is 3. The Balaban J connectivity index is 1.09. The molecule has 0 aromatic heterocycles. The van der Waals surface area contributed by atoms with Gasteiger partial charge in [-0.05, 0) is 79.9 Å². The van der Waals surface area contributed by atoms with Crippen molar-refractivity contribution in [3.63, 3.8) is 0 Å². The molecule has 3 aromatic carbocycles. The summed E-state index contributed by atoms with van der Waals surface area (Å²) in [6, 6.07) is 21.0. The van der Waals surface area contributed by atoms with Gasteiger partial charge in [-0.25, -0.2) is 0 Å². The third kappa shape index (κ3) is 5.88. The van der Waals surface area contributed by atoms with Crippen molar-refractivity contribution in [3.8, 4) is 5.75 Å². The van der Waals surface area contributed by atoms with E-state index in [1.54, 1.807) is 0 Å². The minimum Gasteiger partial charge on any atom is -0.494 e. The van der Waals surface area contributed by atoms with Crippen LogP contribution in [0.3, 0.4) is 0 Å². The fourth-order valence-corrected chi connectivity index (χ4v) is 5.29. The third-order valence-corrected chi connectivity index (χ3v) is 7.28. The number of hydrogen-bond donors (Lipinski definition) is 1. The van der Waals surface area contributed by atoms with E-state index in [1.165, 1.54) is 32.4 Å². The van der Waals surface area contributed by atoms with Gasteiger partial charge in [0, 0.05) is 36.8 Å². The van der Waals surface area contributed by atoms with E-state index in [1.807, 2.05) is 71.6 Å². The minimum absolute atomic E-state index is 0.00596. The van der Waals surface area contributed by atoms with E-state index < -0.39 is 0 Å². The van der Waals surface area contributed by atoms with Crippen molar-refractivity contribution >= 4 is 22.6 Å². The van der Waals surface area contributed by atoms with Gasteiger partial charge < -0.3 is 19.9 Å². The van der Waals surface area contributed by atoms with E-state index in [0.717, 1.165) is 35.9 Å². The monoisotopic (exact) mass is 485 g/mol. The van der Waals surface area contributed by atoms with Crippen molar-refractivity contribution in [3.05, 3.63) is 77.9 Å². The first-order valence-electron chi connectivity index (χ1n) is 13.2. The average molecular weight is 486 g/mol. The van der Waals surface area contributed by atoms with Crippen molar-refractivity contribution in [2.45, 2.75) is 38.1 Å². The minimum atomic E-state index is -0.0899. The van der Waals surface area contributed by atoms with Crippen LogP contribution in [0.4, 0.5) is 0 Å². The highest BCUT2D eigenvalue weighted by molar-refractivity contribution is 6.07. The summed E-state index contributed by atoms with van der Waals surface area (Å²) < 4.78 is 5.89. The summed E-state index contributed by atoms with van der Waals surface area (Å²) >= 11 is 0. The van der Waals surface area contributed by atoms with Crippen LogP contribution in [0.1, 0.15) is 52.8 Å². The zero-order chi connectivity index (χ0) is 24.7. The van der Waals surface area contributed by atoms with Crippen LogP contribution in [0, 0.1) is 0 Å². The maximum absolute atomic E-state index is 13.0. The molecule has 2 heterocycles. The van der Waals surface area contributed by atoms with E-state index in [9.17, 15) is 9.59 Å². The molecule has 1 N–H and O–H groups in total. The molecule has 2 aliphatic heterocycles. The maximum atomic E-state index is 13.0. The molecule has 2 saturated heterocycles.